The Kier molecular flexibility index (Phi) is 5.49. The first-order valence-corrected chi connectivity index (χ1v) is 7.33. The highest BCUT2D eigenvalue weighted by atomic mass is 35.5. The Labute approximate surface area is 142 Å². The van der Waals surface area contributed by atoms with Crippen LogP contribution in [0.25, 0.3) is 0 Å². The number of nitrogens with zero attached hydrogens (tertiary/aromatic N) is 1. The molecule has 0 aliphatic carbocycles. The van der Waals surface area contributed by atoms with Crippen LogP contribution in [0, 0.1) is 10.1 Å². The molecule has 0 radical (unpaired) electrons. The van der Waals surface area contributed by atoms with Gasteiger partial charge in [0.2, 0.25) is 5.91 Å². The Morgan fingerprint density at radius 2 is 1.83 bits per heavy atom. The fraction of sp³-hybridized carbons (Fsp3) is 0.125. The number of carbonyl (C=O) groups is 2. The van der Waals surface area contributed by atoms with E-state index in [0.717, 1.165) is 11.6 Å². The lowest BCUT2D eigenvalue weighted by molar-refractivity contribution is -0.384. The van der Waals surface area contributed by atoms with Crippen LogP contribution in [0.2, 0.25) is 5.02 Å². The first-order valence-electron chi connectivity index (χ1n) is 6.95. The zero-order chi connectivity index (χ0) is 17.7. The van der Waals surface area contributed by atoms with Crippen LogP contribution in [-0.4, -0.2) is 23.8 Å². The van der Waals surface area contributed by atoms with Gasteiger partial charge in [-0.25, -0.2) is 0 Å². The van der Waals surface area contributed by atoms with Gasteiger partial charge in [0.05, 0.1) is 11.3 Å². The molecule has 2 aromatic carbocycles. The second kappa shape index (κ2) is 7.56. The number of rotatable bonds is 5. The van der Waals surface area contributed by atoms with E-state index in [2.05, 4.69) is 10.6 Å². The highest BCUT2D eigenvalue weighted by Crippen LogP contribution is 2.25. The van der Waals surface area contributed by atoms with Crippen molar-refractivity contribution in [1.29, 1.82) is 0 Å². The number of hydrogen-bond acceptors (Lipinski definition) is 4. The minimum Gasteiger partial charge on any atom is -0.359 e. The number of nitro benzene ring substituents is 1. The van der Waals surface area contributed by atoms with Gasteiger partial charge in [-0.15, -0.1) is 0 Å². The number of carbonyl (C=O) groups excluding carboxylic acids is 2. The van der Waals surface area contributed by atoms with Crippen LogP contribution in [0.3, 0.4) is 0 Å². The predicted molar refractivity (Wildman–Crippen MR) is 90.3 cm³/mol. The molecular weight excluding hydrogens is 334 g/mol. The smallest absolute Gasteiger partial charge is 0.288 e. The van der Waals surface area contributed by atoms with Crippen LogP contribution in [-0.2, 0) is 11.2 Å². The van der Waals surface area contributed by atoms with Crippen molar-refractivity contribution in [2.45, 2.75) is 6.42 Å². The summed E-state index contributed by atoms with van der Waals surface area (Å²) in [6, 6.07) is 10.6. The van der Waals surface area contributed by atoms with Gasteiger partial charge in [-0.05, 0) is 29.8 Å². The second-order valence-corrected chi connectivity index (χ2v) is 5.33. The molecule has 2 N–H and O–H groups in total. The van der Waals surface area contributed by atoms with E-state index < -0.39 is 10.8 Å². The van der Waals surface area contributed by atoms with Gasteiger partial charge in [-0.1, -0.05) is 23.7 Å². The largest absolute Gasteiger partial charge is 0.359 e. The molecule has 2 aromatic rings. The third kappa shape index (κ3) is 4.30. The van der Waals surface area contributed by atoms with E-state index in [1.165, 1.54) is 12.1 Å². The summed E-state index contributed by atoms with van der Waals surface area (Å²) in [4.78, 5) is 33.7. The number of hydrogen-bond donors (Lipinski definition) is 2. The van der Waals surface area contributed by atoms with Crippen LogP contribution < -0.4 is 10.6 Å². The maximum atomic E-state index is 12.2. The summed E-state index contributed by atoms with van der Waals surface area (Å²) in [6.07, 6.45) is 0.244. The monoisotopic (exact) mass is 347 g/mol. The summed E-state index contributed by atoms with van der Waals surface area (Å²) in [5, 5.41) is 16.0. The molecule has 0 aromatic heterocycles. The van der Waals surface area contributed by atoms with E-state index in [1.54, 1.807) is 31.3 Å². The molecule has 0 bridgehead atoms. The number of halogens is 1. The normalized spacial score (nSPS) is 10.1. The van der Waals surface area contributed by atoms with E-state index in [0.29, 0.717) is 5.69 Å². The highest BCUT2D eigenvalue weighted by Gasteiger charge is 2.16. The number of nitro groups is 1. The molecule has 0 spiro atoms. The summed E-state index contributed by atoms with van der Waals surface area (Å²) in [7, 11) is 1.56. The van der Waals surface area contributed by atoms with Gasteiger partial charge in [0.15, 0.2) is 0 Å². The van der Waals surface area contributed by atoms with E-state index >= 15 is 0 Å². The molecule has 24 heavy (non-hydrogen) atoms. The van der Waals surface area contributed by atoms with E-state index in [1.807, 2.05) is 0 Å². The van der Waals surface area contributed by atoms with E-state index in [-0.39, 0.29) is 28.6 Å². The SMILES string of the molecule is CNC(=O)Cc1ccc(NC(=O)c2ccc(Cl)c([N+](=O)[O-])c2)cc1. The third-order valence-electron chi connectivity index (χ3n) is 3.26. The lowest BCUT2D eigenvalue weighted by Gasteiger charge is -2.07. The number of amides is 2. The van der Waals surface area contributed by atoms with Crippen molar-refractivity contribution >= 4 is 34.8 Å². The molecule has 2 rings (SSSR count). The Hall–Kier alpha value is -2.93. The maximum Gasteiger partial charge on any atom is 0.288 e. The minimum absolute atomic E-state index is 0.0323. The molecule has 0 aliphatic rings. The van der Waals surface area contributed by atoms with Crippen molar-refractivity contribution < 1.29 is 14.5 Å². The Morgan fingerprint density at radius 1 is 1.17 bits per heavy atom. The van der Waals surface area contributed by atoms with E-state index in [9.17, 15) is 19.7 Å². The zero-order valence-corrected chi connectivity index (χ0v) is 13.5. The van der Waals surface area contributed by atoms with Crippen molar-refractivity contribution in [3.8, 4) is 0 Å². The summed E-state index contributed by atoms with van der Waals surface area (Å²) < 4.78 is 0. The van der Waals surface area contributed by atoms with Gasteiger partial charge in [0, 0.05) is 24.4 Å². The summed E-state index contributed by atoms with van der Waals surface area (Å²) in [5.74, 6) is -0.603. The lowest BCUT2D eigenvalue weighted by Crippen LogP contribution is -2.19. The minimum atomic E-state index is -0.646. The average Bonchev–Trinajstić information content (AvgIpc) is 2.56. The summed E-state index contributed by atoms with van der Waals surface area (Å²) >= 11 is 5.72. The molecule has 0 fully saturated rings. The second-order valence-electron chi connectivity index (χ2n) is 4.92. The van der Waals surface area contributed by atoms with Gasteiger partial charge in [0.1, 0.15) is 5.02 Å². The van der Waals surface area contributed by atoms with Crippen molar-refractivity contribution in [3.63, 3.8) is 0 Å². The highest BCUT2D eigenvalue weighted by molar-refractivity contribution is 6.32. The molecule has 0 saturated carbocycles. The molecule has 0 atom stereocenters. The van der Waals surface area contributed by atoms with Gasteiger partial charge < -0.3 is 10.6 Å². The van der Waals surface area contributed by atoms with Crippen LogP contribution >= 0.6 is 11.6 Å². The Bertz CT molecular complexity index is 790. The molecule has 0 aliphatic heterocycles. The summed E-state index contributed by atoms with van der Waals surface area (Å²) in [5.41, 5.74) is 1.11. The van der Waals surface area contributed by atoms with Crippen molar-refractivity contribution in [1.82, 2.24) is 5.32 Å². The third-order valence-corrected chi connectivity index (χ3v) is 3.58. The van der Waals surface area contributed by atoms with Gasteiger partial charge in [-0.3, -0.25) is 19.7 Å². The number of nitrogens with one attached hydrogen (secondary N) is 2. The van der Waals surface area contributed by atoms with Crippen LogP contribution in [0.4, 0.5) is 11.4 Å². The number of anilines is 1. The molecule has 2 amide bonds. The first-order chi connectivity index (χ1) is 11.4. The molecule has 0 saturated heterocycles. The zero-order valence-electron chi connectivity index (χ0n) is 12.7. The quantitative estimate of drug-likeness (QED) is 0.641. The fourth-order valence-corrected chi connectivity index (χ4v) is 2.16. The lowest BCUT2D eigenvalue weighted by atomic mass is 10.1. The Morgan fingerprint density at radius 3 is 2.42 bits per heavy atom. The number of benzene rings is 2. The molecule has 0 heterocycles. The van der Waals surface area contributed by atoms with Gasteiger partial charge in [0.25, 0.3) is 11.6 Å². The van der Waals surface area contributed by atoms with Gasteiger partial charge >= 0.3 is 0 Å². The molecule has 0 unspecified atom stereocenters. The average molecular weight is 348 g/mol. The first kappa shape index (κ1) is 17.4. The van der Waals surface area contributed by atoms with Crippen LogP contribution in [0.1, 0.15) is 15.9 Å². The van der Waals surface area contributed by atoms with Crippen molar-refractivity contribution in [2.24, 2.45) is 0 Å². The van der Waals surface area contributed by atoms with E-state index in [4.69, 9.17) is 11.6 Å². The molecule has 7 nitrogen and oxygen atoms in total. The molecular formula is C16H14ClN3O4. The van der Waals surface area contributed by atoms with Crippen LogP contribution in [0.5, 0.6) is 0 Å². The fourth-order valence-electron chi connectivity index (χ4n) is 1.98. The van der Waals surface area contributed by atoms with Crippen LogP contribution in [0.15, 0.2) is 42.5 Å². The molecule has 124 valence electrons. The topological polar surface area (TPSA) is 101 Å². The predicted octanol–water partition coefficient (Wildman–Crippen LogP) is 2.79. The molecule has 8 heteroatoms. The maximum absolute atomic E-state index is 12.2. The summed E-state index contributed by atoms with van der Waals surface area (Å²) in [6.45, 7) is 0. The number of likely N-dealkylation sites (N-methyl/N-ethyl adjacent to an activating group) is 1. The Balaban J connectivity index is 2.11. The van der Waals surface area contributed by atoms with Crippen molar-refractivity contribution in [3.05, 3.63) is 68.7 Å². The standard InChI is InChI=1S/C16H14ClN3O4/c1-18-15(21)8-10-2-5-12(6-3-10)19-16(22)11-4-7-13(17)14(9-11)20(23)24/h2-7,9H,8H2,1H3,(H,18,21)(H,19,22). The van der Waals surface area contributed by atoms with Crippen molar-refractivity contribution in [2.75, 3.05) is 12.4 Å². The van der Waals surface area contributed by atoms with Gasteiger partial charge in [-0.2, -0.15) is 0 Å².